The standard InChI is InChI=1S/C12H24N2O/c1-10(9-13-2)12(15)14(3)11-7-5-4-6-8-11/h10-11,13H,4-9H2,1-3H3. The third kappa shape index (κ3) is 3.49. The Morgan fingerprint density at radius 2 is 2.00 bits per heavy atom. The number of amides is 1. The molecule has 3 heteroatoms. The van der Waals surface area contributed by atoms with Crippen LogP contribution in [0, 0.1) is 5.92 Å². The molecule has 0 saturated heterocycles. The van der Waals surface area contributed by atoms with Crippen molar-refractivity contribution in [3.05, 3.63) is 0 Å². The van der Waals surface area contributed by atoms with Crippen LogP contribution in [-0.4, -0.2) is 37.5 Å². The minimum atomic E-state index is 0.0990. The lowest BCUT2D eigenvalue weighted by Gasteiger charge is -2.33. The maximum atomic E-state index is 12.0. The van der Waals surface area contributed by atoms with E-state index in [1.807, 2.05) is 25.9 Å². The van der Waals surface area contributed by atoms with Crippen molar-refractivity contribution in [3.8, 4) is 0 Å². The van der Waals surface area contributed by atoms with Gasteiger partial charge in [-0.15, -0.1) is 0 Å². The van der Waals surface area contributed by atoms with Crippen molar-refractivity contribution in [2.24, 2.45) is 5.92 Å². The van der Waals surface area contributed by atoms with Gasteiger partial charge in [0.15, 0.2) is 0 Å². The van der Waals surface area contributed by atoms with Crippen molar-refractivity contribution in [1.82, 2.24) is 10.2 Å². The molecule has 15 heavy (non-hydrogen) atoms. The molecule has 3 nitrogen and oxygen atoms in total. The van der Waals surface area contributed by atoms with Crippen LogP contribution in [0.5, 0.6) is 0 Å². The van der Waals surface area contributed by atoms with E-state index in [0.717, 1.165) is 6.54 Å². The van der Waals surface area contributed by atoms with E-state index in [9.17, 15) is 4.79 Å². The molecular formula is C12H24N2O. The van der Waals surface area contributed by atoms with Crippen LogP contribution >= 0.6 is 0 Å². The summed E-state index contributed by atoms with van der Waals surface area (Å²) in [7, 11) is 3.86. The van der Waals surface area contributed by atoms with Gasteiger partial charge in [-0.05, 0) is 19.9 Å². The topological polar surface area (TPSA) is 32.3 Å². The first-order valence-corrected chi connectivity index (χ1v) is 6.08. The van der Waals surface area contributed by atoms with Gasteiger partial charge in [0.1, 0.15) is 0 Å². The average molecular weight is 212 g/mol. The van der Waals surface area contributed by atoms with E-state index in [1.54, 1.807) is 0 Å². The van der Waals surface area contributed by atoms with Crippen LogP contribution in [0.3, 0.4) is 0 Å². The summed E-state index contributed by atoms with van der Waals surface area (Å²) in [4.78, 5) is 14.0. The van der Waals surface area contributed by atoms with Crippen molar-refractivity contribution in [1.29, 1.82) is 0 Å². The van der Waals surface area contributed by atoms with Gasteiger partial charge in [-0.2, -0.15) is 0 Å². The second-order valence-corrected chi connectivity index (χ2v) is 4.70. The quantitative estimate of drug-likeness (QED) is 0.768. The summed E-state index contributed by atoms with van der Waals surface area (Å²) in [6.45, 7) is 2.77. The summed E-state index contributed by atoms with van der Waals surface area (Å²) < 4.78 is 0. The summed E-state index contributed by atoms with van der Waals surface area (Å²) in [5.74, 6) is 0.387. The lowest BCUT2D eigenvalue weighted by molar-refractivity contribution is -0.136. The summed E-state index contributed by atoms with van der Waals surface area (Å²) >= 11 is 0. The van der Waals surface area contributed by atoms with Crippen LogP contribution in [0.2, 0.25) is 0 Å². The van der Waals surface area contributed by atoms with E-state index in [1.165, 1.54) is 32.1 Å². The summed E-state index contributed by atoms with van der Waals surface area (Å²) in [5, 5.41) is 3.06. The predicted octanol–water partition coefficient (Wildman–Crippen LogP) is 1.63. The summed E-state index contributed by atoms with van der Waals surface area (Å²) in [6.07, 6.45) is 6.28. The van der Waals surface area contributed by atoms with E-state index >= 15 is 0 Å². The van der Waals surface area contributed by atoms with Gasteiger partial charge in [-0.3, -0.25) is 4.79 Å². The van der Waals surface area contributed by atoms with Crippen LogP contribution in [0.25, 0.3) is 0 Å². The molecule has 0 aromatic rings. The Morgan fingerprint density at radius 1 is 1.40 bits per heavy atom. The fourth-order valence-corrected chi connectivity index (χ4v) is 2.39. The molecule has 1 aliphatic rings. The molecule has 0 aromatic heterocycles. The maximum absolute atomic E-state index is 12.0. The zero-order valence-corrected chi connectivity index (χ0v) is 10.3. The van der Waals surface area contributed by atoms with Crippen molar-refractivity contribution in [3.63, 3.8) is 0 Å². The molecule has 1 saturated carbocycles. The Kier molecular flexibility index (Phi) is 5.09. The minimum absolute atomic E-state index is 0.0990. The average Bonchev–Trinajstić information content (AvgIpc) is 2.28. The van der Waals surface area contributed by atoms with Crippen LogP contribution in [0.15, 0.2) is 0 Å². The fourth-order valence-electron chi connectivity index (χ4n) is 2.39. The number of carbonyl (C=O) groups is 1. The zero-order chi connectivity index (χ0) is 11.3. The molecule has 1 fully saturated rings. The van der Waals surface area contributed by atoms with Crippen LogP contribution < -0.4 is 5.32 Å². The zero-order valence-electron chi connectivity index (χ0n) is 10.3. The number of hydrogen-bond donors (Lipinski definition) is 1. The van der Waals surface area contributed by atoms with Crippen LogP contribution in [-0.2, 0) is 4.79 Å². The molecular weight excluding hydrogens is 188 g/mol. The lowest BCUT2D eigenvalue weighted by Crippen LogP contribution is -2.43. The van der Waals surface area contributed by atoms with E-state index < -0.39 is 0 Å². The van der Waals surface area contributed by atoms with E-state index in [0.29, 0.717) is 6.04 Å². The molecule has 1 atom stereocenters. The smallest absolute Gasteiger partial charge is 0.226 e. The Balaban J connectivity index is 2.43. The molecule has 0 spiro atoms. The van der Waals surface area contributed by atoms with Gasteiger partial charge in [0.25, 0.3) is 0 Å². The molecule has 0 aromatic carbocycles. The van der Waals surface area contributed by atoms with Gasteiger partial charge < -0.3 is 10.2 Å². The van der Waals surface area contributed by atoms with Gasteiger partial charge in [-0.25, -0.2) is 0 Å². The number of nitrogens with one attached hydrogen (secondary N) is 1. The molecule has 0 aliphatic heterocycles. The van der Waals surface area contributed by atoms with E-state index in [4.69, 9.17) is 0 Å². The van der Waals surface area contributed by atoms with Crippen molar-refractivity contribution >= 4 is 5.91 Å². The third-order valence-electron chi connectivity index (χ3n) is 3.40. The second kappa shape index (κ2) is 6.11. The molecule has 1 unspecified atom stereocenters. The Labute approximate surface area is 93.2 Å². The van der Waals surface area contributed by atoms with Crippen LogP contribution in [0.4, 0.5) is 0 Å². The molecule has 0 heterocycles. The fraction of sp³-hybridized carbons (Fsp3) is 0.917. The SMILES string of the molecule is CNCC(C)C(=O)N(C)C1CCCCC1. The Bertz CT molecular complexity index is 200. The monoisotopic (exact) mass is 212 g/mol. The molecule has 1 rings (SSSR count). The summed E-state index contributed by atoms with van der Waals surface area (Å²) in [6, 6.07) is 0.491. The normalized spacial score (nSPS) is 19.9. The Morgan fingerprint density at radius 3 is 2.53 bits per heavy atom. The first-order valence-electron chi connectivity index (χ1n) is 6.08. The first-order chi connectivity index (χ1) is 7.16. The van der Waals surface area contributed by atoms with Gasteiger partial charge in [0.2, 0.25) is 5.91 Å². The van der Waals surface area contributed by atoms with Gasteiger partial charge in [0.05, 0.1) is 0 Å². The second-order valence-electron chi connectivity index (χ2n) is 4.70. The molecule has 1 aliphatic carbocycles. The predicted molar refractivity (Wildman–Crippen MR) is 62.7 cm³/mol. The van der Waals surface area contributed by atoms with E-state index in [-0.39, 0.29) is 11.8 Å². The first kappa shape index (κ1) is 12.5. The third-order valence-corrected chi connectivity index (χ3v) is 3.40. The number of rotatable bonds is 4. The molecule has 0 radical (unpaired) electrons. The lowest BCUT2D eigenvalue weighted by atomic mass is 9.94. The van der Waals surface area contributed by atoms with Crippen molar-refractivity contribution < 1.29 is 4.79 Å². The highest BCUT2D eigenvalue weighted by atomic mass is 16.2. The summed E-state index contributed by atoms with van der Waals surface area (Å²) in [5.41, 5.74) is 0. The molecule has 1 amide bonds. The van der Waals surface area contributed by atoms with Crippen LogP contribution in [0.1, 0.15) is 39.0 Å². The highest BCUT2D eigenvalue weighted by Gasteiger charge is 2.24. The number of hydrogen-bond acceptors (Lipinski definition) is 2. The molecule has 0 bridgehead atoms. The molecule has 88 valence electrons. The number of carbonyl (C=O) groups excluding carboxylic acids is 1. The Hall–Kier alpha value is -0.570. The van der Waals surface area contributed by atoms with Gasteiger partial charge in [0, 0.05) is 25.6 Å². The van der Waals surface area contributed by atoms with E-state index in [2.05, 4.69) is 5.32 Å². The van der Waals surface area contributed by atoms with Crippen molar-refractivity contribution in [2.75, 3.05) is 20.6 Å². The highest BCUT2D eigenvalue weighted by Crippen LogP contribution is 2.22. The van der Waals surface area contributed by atoms with Gasteiger partial charge in [-0.1, -0.05) is 26.2 Å². The largest absolute Gasteiger partial charge is 0.343 e. The van der Waals surface area contributed by atoms with Gasteiger partial charge >= 0.3 is 0 Å². The molecule has 1 N–H and O–H groups in total. The highest BCUT2D eigenvalue weighted by molar-refractivity contribution is 5.78. The maximum Gasteiger partial charge on any atom is 0.226 e. The number of nitrogens with zero attached hydrogens (tertiary/aromatic N) is 1. The minimum Gasteiger partial charge on any atom is -0.343 e. The van der Waals surface area contributed by atoms with Crippen molar-refractivity contribution in [2.45, 2.75) is 45.1 Å².